The Morgan fingerprint density at radius 1 is 1.07 bits per heavy atom. The van der Waals surface area contributed by atoms with Crippen molar-refractivity contribution in [2.24, 2.45) is 0 Å². The van der Waals surface area contributed by atoms with Gasteiger partial charge >= 0.3 is 0 Å². The van der Waals surface area contributed by atoms with Crippen molar-refractivity contribution in [3.8, 4) is 11.8 Å². The van der Waals surface area contributed by atoms with Gasteiger partial charge in [-0.3, -0.25) is 9.78 Å². The zero-order valence-electron chi connectivity index (χ0n) is 15.8. The van der Waals surface area contributed by atoms with E-state index in [0.717, 1.165) is 10.6 Å². The molecule has 3 rings (SSSR count). The lowest BCUT2D eigenvalue weighted by atomic mass is 10.2. The molecule has 0 spiro atoms. The summed E-state index contributed by atoms with van der Waals surface area (Å²) in [4.78, 5) is 28.1. The van der Waals surface area contributed by atoms with Gasteiger partial charge in [0.2, 0.25) is 11.8 Å². The molecule has 0 atom stereocenters. The van der Waals surface area contributed by atoms with Crippen LogP contribution in [0.3, 0.4) is 0 Å². The van der Waals surface area contributed by atoms with Crippen molar-refractivity contribution < 1.29 is 14.3 Å². The molecule has 3 aromatic rings. The first-order chi connectivity index (χ1) is 13.6. The van der Waals surface area contributed by atoms with Crippen LogP contribution in [0, 0.1) is 0 Å². The smallest absolute Gasteiger partial charge is 0.258 e. The summed E-state index contributed by atoms with van der Waals surface area (Å²) in [6.07, 6.45) is 3.36. The summed E-state index contributed by atoms with van der Waals surface area (Å²) < 4.78 is 10.3. The average molecular weight is 396 g/mol. The minimum atomic E-state index is -0.0775. The van der Waals surface area contributed by atoms with E-state index in [1.54, 1.807) is 49.7 Å². The van der Waals surface area contributed by atoms with Gasteiger partial charge in [0.25, 0.3) is 5.91 Å². The summed E-state index contributed by atoms with van der Waals surface area (Å²) in [5.74, 6) is 0.777. The Balaban J connectivity index is 1.77. The second kappa shape index (κ2) is 9.18. The standard InChI is InChI=1S/C20H20N4O3S/c1-4-24(15-6-5-11-21-13-15)19(25)14-7-9-16(10-8-14)28-20-22-17(26-2)12-18(23-20)27-3/h5-13H,4H2,1-3H3. The van der Waals surface area contributed by atoms with Crippen LogP contribution in [0.2, 0.25) is 0 Å². The minimum absolute atomic E-state index is 0.0775. The summed E-state index contributed by atoms with van der Waals surface area (Å²) in [5.41, 5.74) is 1.37. The second-order valence-electron chi connectivity index (χ2n) is 5.62. The van der Waals surface area contributed by atoms with E-state index in [-0.39, 0.29) is 5.91 Å². The van der Waals surface area contributed by atoms with E-state index in [2.05, 4.69) is 15.0 Å². The fourth-order valence-corrected chi connectivity index (χ4v) is 3.28. The highest BCUT2D eigenvalue weighted by molar-refractivity contribution is 7.99. The Bertz CT molecular complexity index is 914. The van der Waals surface area contributed by atoms with Crippen LogP contribution in [-0.4, -0.2) is 41.6 Å². The van der Waals surface area contributed by atoms with Crippen molar-refractivity contribution in [3.63, 3.8) is 0 Å². The maximum atomic E-state index is 12.8. The van der Waals surface area contributed by atoms with Crippen molar-refractivity contribution in [1.82, 2.24) is 15.0 Å². The molecule has 2 aromatic heterocycles. The number of hydrogen-bond acceptors (Lipinski definition) is 7. The van der Waals surface area contributed by atoms with Gasteiger partial charge in [-0.1, -0.05) is 0 Å². The number of aromatic nitrogens is 3. The van der Waals surface area contributed by atoms with Gasteiger partial charge < -0.3 is 14.4 Å². The van der Waals surface area contributed by atoms with Crippen LogP contribution >= 0.6 is 11.8 Å². The van der Waals surface area contributed by atoms with Crippen LogP contribution in [-0.2, 0) is 0 Å². The van der Waals surface area contributed by atoms with Crippen LogP contribution in [0.1, 0.15) is 17.3 Å². The van der Waals surface area contributed by atoms with Gasteiger partial charge in [0.1, 0.15) is 0 Å². The van der Waals surface area contributed by atoms with Gasteiger partial charge in [-0.05, 0) is 55.1 Å². The van der Waals surface area contributed by atoms with Crippen LogP contribution in [0.15, 0.2) is 64.9 Å². The van der Waals surface area contributed by atoms with Gasteiger partial charge in [0, 0.05) is 23.2 Å². The van der Waals surface area contributed by atoms with Crippen molar-refractivity contribution in [1.29, 1.82) is 0 Å². The molecule has 1 amide bonds. The summed E-state index contributed by atoms with van der Waals surface area (Å²) in [7, 11) is 3.08. The van der Waals surface area contributed by atoms with E-state index in [1.807, 2.05) is 31.2 Å². The molecule has 144 valence electrons. The largest absolute Gasteiger partial charge is 0.481 e. The number of rotatable bonds is 7. The molecule has 2 heterocycles. The molecular weight excluding hydrogens is 376 g/mol. The molecular formula is C20H20N4O3S. The third-order valence-corrected chi connectivity index (χ3v) is 4.78. The summed E-state index contributed by atoms with van der Waals surface area (Å²) in [6.45, 7) is 2.49. The van der Waals surface area contributed by atoms with Crippen LogP contribution < -0.4 is 14.4 Å². The molecule has 0 N–H and O–H groups in total. The summed E-state index contributed by atoms with van der Waals surface area (Å²) in [6, 6.07) is 12.6. The van der Waals surface area contributed by atoms with Gasteiger partial charge in [-0.25, -0.2) is 0 Å². The maximum absolute atomic E-state index is 12.8. The molecule has 0 aliphatic rings. The number of benzene rings is 1. The minimum Gasteiger partial charge on any atom is -0.481 e. The van der Waals surface area contributed by atoms with Crippen LogP contribution in [0.5, 0.6) is 11.8 Å². The fourth-order valence-electron chi connectivity index (χ4n) is 2.52. The lowest BCUT2D eigenvalue weighted by Crippen LogP contribution is -2.30. The van der Waals surface area contributed by atoms with E-state index in [4.69, 9.17) is 9.47 Å². The number of nitrogens with zero attached hydrogens (tertiary/aromatic N) is 4. The molecule has 0 saturated carbocycles. The first-order valence-electron chi connectivity index (χ1n) is 8.61. The third kappa shape index (κ3) is 4.58. The number of carbonyl (C=O) groups is 1. The number of pyridine rings is 1. The lowest BCUT2D eigenvalue weighted by Gasteiger charge is -2.20. The molecule has 28 heavy (non-hydrogen) atoms. The van der Waals surface area contributed by atoms with Gasteiger partial charge in [-0.15, -0.1) is 0 Å². The number of carbonyl (C=O) groups excluding carboxylic acids is 1. The second-order valence-corrected chi connectivity index (χ2v) is 6.66. The molecule has 0 unspecified atom stereocenters. The van der Waals surface area contributed by atoms with Crippen LogP contribution in [0.4, 0.5) is 5.69 Å². The third-order valence-electron chi connectivity index (χ3n) is 3.91. The SMILES string of the molecule is CCN(C(=O)c1ccc(Sc2nc(OC)cc(OC)n2)cc1)c1cccnc1. The van der Waals surface area contributed by atoms with E-state index < -0.39 is 0 Å². The molecule has 7 nitrogen and oxygen atoms in total. The topological polar surface area (TPSA) is 77.4 Å². The fraction of sp³-hybridized carbons (Fsp3) is 0.200. The Hall–Kier alpha value is -3.13. The molecule has 0 radical (unpaired) electrons. The Morgan fingerprint density at radius 3 is 2.29 bits per heavy atom. The van der Waals surface area contributed by atoms with E-state index in [9.17, 15) is 4.79 Å². The Morgan fingerprint density at radius 2 is 1.75 bits per heavy atom. The average Bonchev–Trinajstić information content (AvgIpc) is 2.75. The first kappa shape index (κ1) is 19.6. The van der Waals surface area contributed by atoms with E-state index in [0.29, 0.717) is 29.0 Å². The van der Waals surface area contributed by atoms with E-state index >= 15 is 0 Å². The van der Waals surface area contributed by atoms with Crippen molar-refractivity contribution in [2.45, 2.75) is 17.0 Å². The van der Waals surface area contributed by atoms with Crippen molar-refractivity contribution in [2.75, 3.05) is 25.7 Å². The molecule has 0 fully saturated rings. The predicted molar refractivity (Wildman–Crippen MR) is 107 cm³/mol. The maximum Gasteiger partial charge on any atom is 0.258 e. The monoisotopic (exact) mass is 396 g/mol. The first-order valence-corrected chi connectivity index (χ1v) is 9.43. The molecule has 0 aliphatic heterocycles. The number of anilines is 1. The number of hydrogen-bond donors (Lipinski definition) is 0. The molecule has 0 bridgehead atoms. The molecule has 1 aromatic carbocycles. The highest BCUT2D eigenvalue weighted by Gasteiger charge is 2.16. The predicted octanol–water partition coefficient (Wildman–Crippen LogP) is 3.71. The number of amides is 1. The molecule has 0 saturated heterocycles. The van der Waals surface area contributed by atoms with Gasteiger partial charge in [-0.2, -0.15) is 9.97 Å². The highest BCUT2D eigenvalue weighted by Crippen LogP contribution is 2.28. The van der Waals surface area contributed by atoms with Crippen LogP contribution in [0.25, 0.3) is 0 Å². The Kier molecular flexibility index (Phi) is 6.44. The summed E-state index contributed by atoms with van der Waals surface area (Å²) in [5, 5.41) is 0.501. The van der Waals surface area contributed by atoms with E-state index in [1.165, 1.54) is 11.8 Å². The van der Waals surface area contributed by atoms with Crippen molar-refractivity contribution >= 4 is 23.4 Å². The molecule has 8 heteroatoms. The Labute approximate surface area is 167 Å². The lowest BCUT2D eigenvalue weighted by molar-refractivity contribution is 0.0988. The number of ether oxygens (including phenoxy) is 2. The number of methoxy groups -OCH3 is 2. The normalized spacial score (nSPS) is 10.4. The van der Waals surface area contributed by atoms with Gasteiger partial charge in [0.05, 0.1) is 32.2 Å². The quantitative estimate of drug-likeness (QED) is 0.564. The van der Waals surface area contributed by atoms with Gasteiger partial charge in [0.15, 0.2) is 5.16 Å². The highest BCUT2D eigenvalue weighted by atomic mass is 32.2. The molecule has 0 aliphatic carbocycles. The summed E-state index contributed by atoms with van der Waals surface area (Å²) >= 11 is 1.36. The zero-order chi connectivity index (χ0) is 19.9. The van der Waals surface area contributed by atoms with Crippen molar-refractivity contribution in [3.05, 3.63) is 60.4 Å². The zero-order valence-corrected chi connectivity index (χ0v) is 16.6.